The number of unbranched alkanes of at least 4 members (excludes halogenated alkanes) is 11. The Hall–Kier alpha value is -2.67. The number of fused-ring (bicyclic) bond motifs is 1. The zero-order valence-electron chi connectivity index (χ0n) is 29.2. The van der Waals surface area contributed by atoms with Crippen molar-refractivity contribution in [1.29, 1.82) is 0 Å². The van der Waals surface area contributed by atoms with Gasteiger partial charge >= 0.3 is 5.97 Å². The summed E-state index contributed by atoms with van der Waals surface area (Å²) in [7, 11) is -3.50. The van der Waals surface area contributed by atoms with E-state index in [0.717, 1.165) is 66.2 Å². The van der Waals surface area contributed by atoms with E-state index in [-0.39, 0.29) is 17.0 Å². The first-order chi connectivity index (χ1) is 22.8. The van der Waals surface area contributed by atoms with E-state index in [1.807, 2.05) is 30.5 Å². The molecule has 0 N–H and O–H groups in total. The Kier molecular flexibility index (Phi) is 14.8. The molecule has 7 heteroatoms. The molecule has 1 fully saturated rings. The molecule has 4 rings (SSSR count). The molecule has 1 aliphatic rings. The summed E-state index contributed by atoms with van der Waals surface area (Å²) in [6, 6.07) is 11.5. The lowest BCUT2D eigenvalue weighted by atomic mass is 10.0. The van der Waals surface area contributed by atoms with Crippen molar-refractivity contribution in [2.45, 2.75) is 159 Å². The molecule has 0 saturated heterocycles. The molecule has 47 heavy (non-hydrogen) atoms. The average Bonchev–Trinajstić information content (AvgIpc) is 3.33. The molecule has 0 amide bonds. The zero-order chi connectivity index (χ0) is 33.6. The van der Waals surface area contributed by atoms with E-state index >= 15 is 0 Å². The standard InChI is InChI=1S/C40H58FNO4S/c1-4-6-7-8-9-10-11-12-13-14-15-19-25-38(40(43)46-5-2)42-31(3)35(36-30-33(41)27-28-37(36)42)29-32-22-20-21-26-39(32)47(44,45)34-23-17-16-18-24-34/h20-22,26-28,30,34,38H,4-19,23-25,29H2,1-3H3. The number of hydrogen-bond acceptors (Lipinski definition) is 4. The quantitative estimate of drug-likeness (QED) is 0.0888. The largest absolute Gasteiger partial charge is 0.464 e. The number of aromatic nitrogens is 1. The smallest absolute Gasteiger partial charge is 0.329 e. The highest BCUT2D eigenvalue weighted by atomic mass is 32.2. The van der Waals surface area contributed by atoms with Crippen LogP contribution in [0.4, 0.5) is 4.39 Å². The van der Waals surface area contributed by atoms with Crippen LogP contribution in [0.5, 0.6) is 0 Å². The summed E-state index contributed by atoms with van der Waals surface area (Å²) in [6.45, 7) is 6.34. The minimum atomic E-state index is -3.50. The zero-order valence-corrected chi connectivity index (χ0v) is 30.0. The van der Waals surface area contributed by atoms with E-state index in [1.54, 1.807) is 18.2 Å². The van der Waals surface area contributed by atoms with Crippen LogP contribution in [0.2, 0.25) is 0 Å². The van der Waals surface area contributed by atoms with Gasteiger partial charge in [-0.25, -0.2) is 17.6 Å². The molecule has 260 valence electrons. The predicted molar refractivity (Wildman–Crippen MR) is 191 cm³/mol. The summed E-state index contributed by atoms with van der Waals surface area (Å²) >= 11 is 0. The van der Waals surface area contributed by atoms with Crippen molar-refractivity contribution in [2.75, 3.05) is 6.61 Å². The van der Waals surface area contributed by atoms with Crippen LogP contribution in [0, 0.1) is 12.7 Å². The minimum Gasteiger partial charge on any atom is -0.464 e. The summed E-state index contributed by atoms with van der Waals surface area (Å²) in [5.41, 5.74) is 3.21. The maximum absolute atomic E-state index is 14.8. The highest BCUT2D eigenvalue weighted by Gasteiger charge is 2.32. The van der Waals surface area contributed by atoms with Crippen molar-refractivity contribution < 1.29 is 22.3 Å². The van der Waals surface area contributed by atoms with Crippen LogP contribution in [0.3, 0.4) is 0 Å². The number of nitrogens with zero attached hydrogens (tertiary/aromatic N) is 1. The molecular weight excluding hydrogens is 610 g/mol. The molecule has 2 aromatic carbocycles. The third kappa shape index (κ3) is 9.93. The van der Waals surface area contributed by atoms with Crippen molar-refractivity contribution in [2.24, 2.45) is 0 Å². The molecule has 1 saturated carbocycles. The molecular formula is C40H58FNO4S. The van der Waals surface area contributed by atoms with E-state index < -0.39 is 15.9 Å². The van der Waals surface area contributed by atoms with Gasteiger partial charge in [-0.15, -0.1) is 0 Å². The van der Waals surface area contributed by atoms with Crippen LogP contribution in [0.25, 0.3) is 10.9 Å². The first kappa shape index (κ1) is 37.2. The Labute approximate surface area is 283 Å². The van der Waals surface area contributed by atoms with Gasteiger partial charge in [0.2, 0.25) is 0 Å². The van der Waals surface area contributed by atoms with Crippen molar-refractivity contribution in [3.63, 3.8) is 0 Å². The molecule has 1 atom stereocenters. The van der Waals surface area contributed by atoms with Crippen LogP contribution in [0.1, 0.15) is 152 Å². The van der Waals surface area contributed by atoms with Crippen LogP contribution >= 0.6 is 0 Å². The second-order valence-corrected chi connectivity index (χ2v) is 15.8. The Morgan fingerprint density at radius 3 is 2.13 bits per heavy atom. The maximum Gasteiger partial charge on any atom is 0.329 e. The summed E-state index contributed by atoms with van der Waals surface area (Å²) in [4.78, 5) is 13.8. The lowest BCUT2D eigenvalue weighted by Gasteiger charge is -2.23. The van der Waals surface area contributed by atoms with Gasteiger partial charge < -0.3 is 9.30 Å². The van der Waals surface area contributed by atoms with E-state index in [4.69, 9.17) is 4.74 Å². The van der Waals surface area contributed by atoms with Gasteiger partial charge in [0.05, 0.1) is 16.8 Å². The fraction of sp³-hybridized carbons (Fsp3) is 0.625. The number of carbonyl (C=O) groups excluding carboxylic acids is 1. The Bertz CT molecular complexity index is 1520. The lowest BCUT2D eigenvalue weighted by Crippen LogP contribution is -2.25. The van der Waals surface area contributed by atoms with Crippen molar-refractivity contribution >= 4 is 26.7 Å². The molecule has 0 spiro atoms. The van der Waals surface area contributed by atoms with E-state index in [0.29, 0.717) is 37.2 Å². The van der Waals surface area contributed by atoms with Crippen molar-refractivity contribution in [3.8, 4) is 0 Å². The monoisotopic (exact) mass is 667 g/mol. The van der Waals surface area contributed by atoms with Crippen molar-refractivity contribution in [3.05, 3.63) is 65.1 Å². The Morgan fingerprint density at radius 1 is 0.872 bits per heavy atom. The minimum absolute atomic E-state index is 0.272. The highest BCUT2D eigenvalue weighted by molar-refractivity contribution is 7.92. The Balaban J connectivity index is 1.52. The van der Waals surface area contributed by atoms with E-state index in [9.17, 15) is 17.6 Å². The van der Waals surface area contributed by atoms with Gasteiger partial charge in [0, 0.05) is 23.0 Å². The van der Waals surface area contributed by atoms with Gasteiger partial charge in [-0.3, -0.25) is 0 Å². The second-order valence-electron chi connectivity index (χ2n) is 13.6. The number of carbonyl (C=O) groups is 1. The van der Waals surface area contributed by atoms with Gasteiger partial charge in [-0.2, -0.15) is 0 Å². The molecule has 1 unspecified atom stereocenters. The summed E-state index contributed by atoms with van der Waals surface area (Å²) in [5.74, 6) is -0.626. The fourth-order valence-corrected chi connectivity index (χ4v) is 9.64. The second kappa shape index (κ2) is 18.8. The van der Waals surface area contributed by atoms with Gasteiger partial charge in [0.25, 0.3) is 0 Å². The fourth-order valence-electron chi connectivity index (χ4n) is 7.55. The molecule has 5 nitrogen and oxygen atoms in total. The summed E-state index contributed by atoms with van der Waals surface area (Å²) in [5, 5.41) is 0.359. The molecule has 0 radical (unpaired) electrons. The number of benzene rings is 2. The molecule has 1 aromatic heterocycles. The molecule has 1 aliphatic carbocycles. The topological polar surface area (TPSA) is 65.4 Å². The van der Waals surface area contributed by atoms with Crippen LogP contribution in [0.15, 0.2) is 47.4 Å². The van der Waals surface area contributed by atoms with Gasteiger partial charge in [-0.05, 0) is 68.5 Å². The first-order valence-electron chi connectivity index (χ1n) is 18.6. The van der Waals surface area contributed by atoms with Crippen LogP contribution in [-0.2, 0) is 25.8 Å². The molecule has 0 bridgehead atoms. The van der Waals surface area contributed by atoms with Gasteiger partial charge in [0.15, 0.2) is 9.84 Å². The molecule has 0 aliphatic heterocycles. The normalized spacial score (nSPS) is 14.9. The molecule has 1 heterocycles. The number of sulfone groups is 1. The van der Waals surface area contributed by atoms with Crippen LogP contribution < -0.4 is 0 Å². The van der Waals surface area contributed by atoms with E-state index in [1.165, 1.54) is 69.9 Å². The third-order valence-electron chi connectivity index (χ3n) is 10.2. The highest BCUT2D eigenvalue weighted by Crippen LogP contribution is 2.36. The number of esters is 1. The van der Waals surface area contributed by atoms with Crippen molar-refractivity contribution in [1.82, 2.24) is 4.57 Å². The average molecular weight is 668 g/mol. The van der Waals surface area contributed by atoms with Crippen LogP contribution in [-0.4, -0.2) is 30.8 Å². The van der Waals surface area contributed by atoms with E-state index in [2.05, 4.69) is 6.92 Å². The van der Waals surface area contributed by atoms with Gasteiger partial charge in [0.1, 0.15) is 11.9 Å². The number of rotatable bonds is 20. The first-order valence-corrected chi connectivity index (χ1v) is 20.1. The maximum atomic E-state index is 14.8. The summed E-state index contributed by atoms with van der Waals surface area (Å²) in [6.07, 6.45) is 20.3. The lowest BCUT2D eigenvalue weighted by molar-refractivity contribution is -0.147. The third-order valence-corrected chi connectivity index (χ3v) is 12.5. The number of ether oxygens (including phenoxy) is 1. The predicted octanol–water partition coefficient (Wildman–Crippen LogP) is 11.0. The van der Waals surface area contributed by atoms with Gasteiger partial charge in [-0.1, -0.05) is 121 Å². The molecule has 3 aromatic rings. The summed E-state index contributed by atoms with van der Waals surface area (Å²) < 4.78 is 50.1. The number of halogens is 1. The SMILES string of the molecule is CCCCCCCCCCCCCCC(C(=O)OCC)n1c(C)c(Cc2ccccc2S(=O)(=O)C2CCCCC2)c2cc(F)ccc21. The Morgan fingerprint density at radius 2 is 1.49 bits per heavy atom. The number of hydrogen-bond donors (Lipinski definition) is 0.